The number of nitrogens with zero attached hydrogens (tertiary/aromatic N) is 1. The number of aliphatic hydroxyl groups excluding tert-OH is 1. The second-order valence-corrected chi connectivity index (χ2v) is 2.75. The highest BCUT2D eigenvalue weighted by Gasteiger charge is 2.26. The summed E-state index contributed by atoms with van der Waals surface area (Å²) in [7, 11) is 0. The Bertz CT molecular complexity index is 162. The van der Waals surface area contributed by atoms with E-state index in [-0.39, 0.29) is 12.6 Å². The van der Waals surface area contributed by atoms with Crippen molar-refractivity contribution >= 4 is 6.09 Å². The van der Waals surface area contributed by atoms with Gasteiger partial charge in [0, 0.05) is 12.6 Å². The Morgan fingerprint density at radius 2 is 2.27 bits per heavy atom. The predicted molar refractivity (Wildman–Crippen MR) is 38.2 cm³/mol. The largest absolute Gasteiger partial charge is 0.465 e. The molecule has 0 saturated carbocycles. The molecule has 1 rings (SSSR count). The monoisotopic (exact) mass is 160 g/mol. The van der Waals surface area contributed by atoms with Gasteiger partial charge in [-0.2, -0.15) is 0 Å². The van der Waals surface area contributed by atoms with Gasteiger partial charge in [0.05, 0.1) is 12.6 Å². The highest BCUT2D eigenvalue weighted by molar-refractivity contribution is 5.65. The normalized spacial score (nSPS) is 32.0. The molecular weight excluding hydrogens is 148 g/mol. The molecular formula is C6H12N2O3. The number of hydrogen-bond acceptors (Lipinski definition) is 3. The van der Waals surface area contributed by atoms with Crippen molar-refractivity contribution in [3.63, 3.8) is 0 Å². The first-order chi connectivity index (χ1) is 5.11. The van der Waals surface area contributed by atoms with Crippen LogP contribution >= 0.6 is 0 Å². The number of β-amino-alcohol motifs (C(OH)–C–C–N with tert-alkyl or cyclic N) is 1. The van der Waals surface area contributed by atoms with Crippen molar-refractivity contribution in [3.8, 4) is 0 Å². The molecule has 4 N–H and O–H groups in total. The number of piperidine rings is 1. The standard InChI is InChI=1S/C6H12N2O3/c7-4-1-2-8(6(10)11)3-5(4)9/h4-5,9H,1-3,7H2,(H,10,11). The Labute approximate surface area is 64.4 Å². The molecule has 5 nitrogen and oxygen atoms in total. The van der Waals surface area contributed by atoms with Crippen molar-refractivity contribution in [3.05, 3.63) is 0 Å². The van der Waals surface area contributed by atoms with Crippen molar-refractivity contribution in [1.29, 1.82) is 0 Å². The minimum Gasteiger partial charge on any atom is -0.465 e. The van der Waals surface area contributed by atoms with E-state index in [4.69, 9.17) is 15.9 Å². The van der Waals surface area contributed by atoms with Gasteiger partial charge in [0.2, 0.25) is 0 Å². The molecule has 64 valence electrons. The Kier molecular flexibility index (Phi) is 2.31. The third-order valence-corrected chi connectivity index (χ3v) is 1.90. The van der Waals surface area contributed by atoms with Crippen molar-refractivity contribution < 1.29 is 15.0 Å². The van der Waals surface area contributed by atoms with E-state index in [9.17, 15) is 4.79 Å². The molecule has 11 heavy (non-hydrogen) atoms. The number of carboxylic acid groups (broad SMARTS) is 1. The highest BCUT2D eigenvalue weighted by atomic mass is 16.4. The average Bonchev–Trinajstić information content (AvgIpc) is 1.94. The van der Waals surface area contributed by atoms with E-state index < -0.39 is 12.2 Å². The van der Waals surface area contributed by atoms with Crippen LogP contribution in [0, 0.1) is 0 Å². The Morgan fingerprint density at radius 1 is 1.64 bits per heavy atom. The van der Waals surface area contributed by atoms with Gasteiger partial charge in [-0.05, 0) is 6.42 Å². The minimum atomic E-state index is -0.990. The first-order valence-corrected chi connectivity index (χ1v) is 3.53. The maximum Gasteiger partial charge on any atom is 0.407 e. The quantitative estimate of drug-likeness (QED) is 0.426. The molecule has 0 aliphatic carbocycles. The molecule has 0 aromatic heterocycles. The van der Waals surface area contributed by atoms with Gasteiger partial charge in [-0.15, -0.1) is 0 Å². The van der Waals surface area contributed by atoms with E-state index in [0.29, 0.717) is 13.0 Å². The van der Waals surface area contributed by atoms with Gasteiger partial charge in [-0.25, -0.2) is 4.79 Å². The van der Waals surface area contributed by atoms with Crippen LogP contribution in [0.1, 0.15) is 6.42 Å². The highest BCUT2D eigenvalue weighted by Crippen LogP contribution is 2.08. The summed E-state index contributed by atoms with van der Waals surface area (Å²) in [5.41, 5.74) is 5.47. The van der Waals surface area contributed by atoms with Gasteiger partial charge in [0.1, 0.15) is 0 Å². The zero-order valence-electron chi connectivity index (χ0n) is 6.10. The number of likely N-dealkylation sites (tertiary alicyclic amines) is 1. The number of amides is 1. The SMILES string of the molecule is NC1CCN(C(=O)O)CC1O. The van der Waals surface area contributed by atoms with Crippen LogP contribution in [0.25, 0.3) is 0 Å². The van der Waals surface area contributed by atoms with E-state index in [1.807, 2.05) is 0 Å². The lowest BCUT2D eigenvalue weighted by Gasteiger charge is -2.31. The predicted octanol–water partition coefficient (Wildman–Crippen LogP) is -0.942. The number of hydrogen-bond donors (Lipinski definition) is 3. The summed E-state index contributed by atoms with van der Waals surface area (Å²) in [5, 5.41) is 17.7. The molecule has 0 radical (unpaired) electrons. The number of carbonyl (C=O) groups is 1. The average molecular weight is 160 g/mol. The Morgan fingerprint density at radius 3 is 2.73 bits per heavy atom. The van der Waals surface area contributed by atoms with Crippen molar-refractivity contribution in [2.75, 3.05) is 13.1 Å². The fourth-order valence-electron chi connectivity index (χ4n) is 1.12. The molecule has 0 spiro atoms. The lowest BCUT2D eigenvalue weighted by atomic mass is 10.0. The van der Waals surface area contributed by atoms with E-state index in [2.05, 4.69) is 0 Å². The number of nitrogens with two attached hydrogens (primary N) is 1. The van der Waals surface area contributed by atoms with Crippen LogP contribution in [0.15, 0.2) is 0 Å². The summed E-state index contributed by atoms with van der Waals surface area (Å²) in [6, 6.07) is -0.273. The molecule has 1 heterocycles. The van der Waals surface area contributed by atoms with E-state index in [1.165, 1.54) is 4.90 Å². The van der Waals surface area contributed by atoms with E-state index in [0.717, 1.165) is 0 Å². The van der Waals surface area contributed by atoms with Gasteiger partial charge in [-0.1, -0.05) is 0 Å². The smallest absolute Gasteiger partial charge is 0.407 e. The van der Waals surface area contributed by atoms with E-state index in [1.54, 1.807) is 0 Å². The molecule has 1 aliphatic heterocycles. The molecule has 2 unspecified atom stereocenters. The van der Waals surface area contributed by atoms with Crippen molar-refractivity contribution in [1.82, 2.24) is 4.90 Å². The molecule has 1 amide bonds. The molecule has 5 heteroatoms. The fourth-order valence-corrected chi connectivity index (χ4v) is 1.12. The van der Waals surface area contributed by atoms with Gasteiger partial charge in [0.25, 0.3) is 0 Å². The number of aliphatic hydroxyl groups is 1. The second kappa shape index (κ2) is 3.06. The van der Waals surface area contributed by atoms with Crippen molar-refractivity contribution in [2.24, 2.45) is 5.73 Å². The Balaban J connectivity index is 2.46. The lowest BCUT2D eigenvalue weighted by molar-refractivity contribution is 0.0523. The van der Waals surface area contributed by atoms with Crippen LogP contribution in [0.3, 0.4) is 0 Å². The van der Waals surface area contributed by atoms with Gasteiger partial charge >= 0.3 is 6.09 Å². The van der Waals surface area contributed by atoms with Crippen LogP contribution in [0.5, 0.6) is 0 Å². The third kappa shape index (κ3) is 1.81. The zero-order chi connectivity index (χ0) is 8.43. The summed E-state index contributed by atoms with van der Waals surface area (Å²) in [5.74, 6) is 0. The summed E-state index contributed by atoms with van der Waals surface area (Å²) >= 11 is 0. The molecule has 0 aromatic rings. The molecule has 0 aromatic carbocycles. The summed E-state index contributed by atoms with van der Waals surface area (Å²) in [6.45, 7) is 0.560. The first kappa shape index (κ1) is 8.29. The fraction of sp³-hybridized carbons (Fsp3) is 0.833. The molecule has 1 aliphatic rings. The number of rotatable bonds is 0. The molecule has 0 bridgehead atoms. The maximum absolute atomic E-state index is 10.4. The van der Waals surface area contributed by atoms with Crippen LogP contribution in [-0.4, -0.2) is 46.4 Å². The van der Waals surface area contributed by atoms with Gasteiger partial charge in [0.15, 0.2) is 0 Å². The molecule has 2 atom stereocenters. The lowest BCUT2D eigenvalue weighted by Crippen LogP contribution is -2.51. The van der Waals surface area contributed by atoms with Gasteiger partial charge < -0.3 is 20.8 Å². The van der Waals surface area contributed by atoms with Crippen molar-refractivity contribution in [2.45, 2.75) is 18.6 Å². The van der Waals surface area contributed by atoms with Crippen LogP contribution < -0.4 is 5.73 Å². The zero-order valence-corrected chi connectivity index (χ0v) is 6.10. The molecule has 1 saturated heterocycles. The molecule has 1 fully saturated rings. The second-order valence-electron chi connectivity index (χ2n) is 2.75. The van der Waals surface area contributed by atoms with E-state index >= 15 is 0 Å². The van der Waals surface area contributed by atoms with Gasteiger partial charge in [-0.3, -0.25) is 0 Å². The third-order valence-electron chi connectivity index (χ3n) is 1.90. The minimum absolute atomic E-state index is 0.135. The summed E-state index contributed by atoms with van der Waals surface area (Å²) in [6.07, 6.45) is -1.16. The topological polar surface area (TPSA) is 86.8 Å². The van der Waals surface area contributed by atoms with Crippen LogP contribution in [-0.2, 0) is 0 Å². The van der Waals surface area contributed by atoms with Crippen LogP contribution in [0.4, 0.5) is 4.79 Å². The Hall–Kier alpha value is -0.810. The summed E-state index contributed by atoms with van der Waals surface area (Å²) in [4.78, 5) is 11.6. The summed E-state index contributed by atoms with van der Waals surface area (Å²) < 4.78 is 0. The van der Waals surface area contributed by atoms with Crippen LogP contribution in [0.2, 0.25) is 0 Å². The first-order valence-electron chi connectivity index (χ1n) is 3.53. The maximum atomic E-state index is 10.4.